The SMILES string of the molecule is Cc1cc([C@H]2CN(S(=O)(=O)C3CCCC3)CCO2)nc(C)n1. The molecule has 2 heterocycles. The van der Waals surface area contributed by atoms with Crippen LogP contribution in [0.2, 0.25) is 0 Å². The molecule has 1 aliphatic carbocycles. The lowest BCUT2D eigenvalue weighted by Crippen LogP contribution is -2.45. The van der Waals surface area contributed by atoms with Gasteiger partial charge in [-0.3, -0.25) is 0 Å². The summed E-state index contributed by atoms with van der Waals surface area (Å²) in [6, 6.07) is 1.88. The van der Waals surface area contributed by atoms with Crippen molar-refractivity contribution in [2.75, 3.05) is 19.7 Å². The van der Waals surface area contributed by atoms with Crippen molar-refractivity contribution in [3.8, 4) is 0 Å². The molecule has 0 aromatic carbocycles. The molecule has 2 aliphatic rings. The number of rotatable bonds is 3. The Kier molecular flexibility index (Phi) is 4.47. The fraction of sp³-hybridized carbons (Fsp3) is 0.733. The topological polar surface area (TPSA) is 72.4 Å². The number of nitrogens with zero attached hydrogens (tertiary/aromatic N) is 3. The highest BCUT2D eigenvalue weighted by molar-refractivity contribution is 7.89. The normalized spacial score (nSPS) is 24.7. The van der Waals surface area contributed by atoms with Crippen LogP contribution in [-0.2, 0) is 14.8 Å². The lowest BCUT2D eigenvalue weighted by molar-refractivity contribution is -0.00539. The molecule has 1 atom stereocenters. The largest absolute Gasteiger partial charge is 0.369 e. The molecule has 0 N–H and O–H groups in total. The molecular formula is C15H23N3O3S. The second-order valence-corrected chi connectivity index (χ2v) is 8.36. The summed E-state index contributed by atoms with van der Waals surface area (Å²) in [5.41, 5.74) is 1.65. The maximum Gasteiger partial charge on any atom is 0.217 e. The van der Waals surface area contributed by atoms with Gasteiger partial charge >= 0.3 is 0 Å². The molecule has 22 heavy (non-hydrogen) atoms. The molecule has 7 heteroatoms. The summed E-state index contributed by atoms with van der Waals surface area (Å²) in [5.74, 6) is 0.689. The van der Waals surface area contributed by atoms with E-state index in [2.05, 4.69) is 9.97 Å². The summed E-state index contributed by atoms with van der Waals surface area (Å²) >= 11 is 0. The average Bonchev–Trinajstić information content (AvgIpc) is 3.01. The fourth-order valence-electron chi connectivity index (χ4n) is 3.34. The highest BCUT2D eigenvalue weighted by Crippen LogP contribution is 2.30. The van der Waals surface area contributed by atoms with Gasteiger partial charge in [0.05, 0.1) is 17.6 Å². The quantitative estimate of drug-likeness (QED) is 0.846. The zero-order chi connectivity index (χ0) is 15.7. The summed E-state index contributed by atoms with van der Waals surface area (Å²) < 4.78 is 32.8. The second kappa shape index (κ2) is 6.22. The lowest BCUT2D eigenvalue weighted by Gasteiger charge is -2.33. The molecule has 1 aliphatic heterocycles. The van der Waals surface area contributed by atoms with Crippen LogP contribution in [0.4, 0.5) is 0 Å². The fourth-order valence-corrected chi connectivity index (χ4v) is 5.37. The standard InChI is InChI=1S/C15H23N3O3S/c1-11-9-14(17-12(2)16-11)15-10-18(7-8-21-15)22(19,20)13-5-3-4-6-13/h9,13,15H,3-8,10H2,1-2H3/t15-/m1/s1. The Morgan fingerprint density at radius 1 is 1.23 bits per heavy atom. The van der Waals surface area contributed by atoms with Crippen molar-refractivity contribution in [1.82, 2.24) is 14.3 Å². The van der Waals surface area contributed by atoms with Gasteiger partial charge in [-0.2, -0.15) is 4.31 Å². The molecule has 0 bridgehead atoms. The van der Waals surface area contributed by atoms with Gasteiger partial charge in [-0.05, 0) is 32.8 Å². The van der Waals surface area contributed by atoms with Crippen LogP contribution in [0.5, 0.6) is 0 Å². The van der Waals surface area contributed by atoms with E-state index in [-0.39, 0.29) is 11.4 Å². The third kappa shape index (κ3) is 3.16. The molecule has 1 aromatic heterocycles. The van der Waals surface area contributed by atoms with Crippen LogP contribution < -0.4 is 0 Å². The Morgan fingerprint density at radius 3 is 2.64 bits per heavy atom. The first-order valence-corrected chi connectivity index (χ1v) is 9.40. The molecule has 1 saturated carbocycles. The van der Waals surface area contributed by atoms with Crippen molar-refractivity contribution in [3.05, 3.63) is 23.3 Å². The number of hydrogen-bond donors (Lipinski definition) is 0. The zero-order valence-corrected chi connectivity index (χ0v) is 14.0. The van der Waals surface area contributed by atoms with E-state index in [0.717, 1.165) is 37.1 Å². The van der Waals surface area contributed by atoms with Crippen LogP contribution in [-0.4, -0.2) is 47.6 Å². The highest BCUT2D eigenvalue weighted by atomic mass is 32.2. The first kappa shape index (κ1) is 15.8. The van der Waals surface area contributed by atoms with Gasteiger partial charge in [0.2, 0.25) is 10.0 Å². The summed E-state index contributed by atoms with van der Waals surface area (Å²) in [6.45, 7) is 4.96. The van der Waals surface area contributed by atoms with Crippen LogP contribution in [0.15, 0.2) is 6.07 Å². The predicted molar refractivity (Wildman–Crippen MR) is 82.9 cm³/mol. The van der Waals surface area contributed by atoms with E-state index in [0.29, 0.717) is 25.5 Å². The molecule has 0 radical (unpaired) electrons. The smallest absolute Gasteiger partial charge is 0.217 e. The number of aromatic nitrogens is 2. The number of ether oxygens (including phenoxy) is 1. The first-order valence-electron chi connectivity index (χ1n) is 7.89. The summed E-state index contributed by atoms with van der Waals surface area (Å²) in [4.78, 5) is 8.68. The van der Waals surface area contributed by atoms with Crippen molar-refractivity contribution in [3.63, 3.8) is 0 Å². The molecule has 6 nitrogen and oxygen atoms in total. The van der Waals surface area contributed by atoms with Crippen molar-refractivity contribution in [2.24, 2.45) is 0 Å². The van der Waals surface area contributed by atoms with Gasteiger partial charge in [0.15, 0.2) is 0 Å². The van der Waals surface area contributed by atoms with Crippen LogP contribution in [0.1, 0.15) is 49.0 Å². The third-order valence-corrected chi connectivity index (χ3v) is 6.79. The maximum atomic E-state index is 12.7. The number of hydrogen-bond acceptors (Lipinski definition) is 5. The Morgan fingerprint density at radius 2 is 1.95 bits per heavy atom. The van der Waals surface area contributed by atoms with E-state index in [1.165, 1.54) is 0 Å². The number of morpholine rings is 1. The van der Waals surface area contributed by atoms with E-state index in [1.807, 2.05) is 19.9 Å². The van der Waals surface area contributed by atoms with E-state index >= 15 is 0 Å². The van der Waals surface area contributed by atoms with E-state index < -0.39 is 10.0 Å². The van der Waals surface area contributed by atoms with Gasteiger partial charge in [0, 0.05) is 18.8 Å². The van der Waals surface area contributed by atoms with Crippen molar-refractivity contribution < 1.29 is 13.2 Å². The predicted octanol–water partition coefficient (Wildman–Crippen LogP) is 1.74. The second-order valence-electron chi connectivity index (χ2n) is 6.15. The van der Waals surface area contributed by atoms with E-state index in [9.17, 15) is 8.42 Å². The maximum absolute atomic E-state index is 12.7. The van der Waals surface area contributed by atoms with Gasteiger partial charge in [-0.15, -0.1) is 0 Å². The molecule has 122 valence electrons. The molecule has 0 spiro atoms. The minimum absolute atomic E-state index is 0.208. The first-order chi connectivity index (χ1) is 10.5. The van der Waals surface area contributed by atoms with Gasteiger partial charge < -0.3 is 4.74 Å². The Labute approximate surface area is 132 Å². The highest BCUT2D eigenvalue weighted by Gasteiger charge is 2.37. The summed E-state index contributed by atoms with van der Waals surface area (Å²) in [6.07, 6.45) is 3.31. The zero-order valence-electron chi connectivity index (χ0n) is 13.2. The molecule has 0 amide bonds. The number of sulfonamides is 1. The monoisotopic (exact) mass is 325 g/mol. The van der Waals surface area contributed by atoms with Crippen molar-refractivity contribution in [1.29, 1.82) is 0 Å². The lowest BCUT2D eigenvalue weighted by atomic mass is 10.2. The van der Waals surface area contributed by atoms with Crippen LogP contribution in [0.3, 0.4) is 0 Å². The van der Waals surface area contributed by atoms with Gasteiger partial charge in [0.1, 0.15) is 11.9 Å². The Bertz CT molecular complexity index is 621. The molecule has 3 rings (SSSR count). The van der Waals surface area contributed by atoms with Crippen molar-refractivity contribution in [2.45, 2.75) is 50.9 Å². The van der Waals surface area contributed by atoms with Gasteiger partial charge in [0.25, 0.3) is 0 Å². The van der Waals surface area contributed by atoms with E-state index in [4.69, 9.17) is 4.74 Å². The van der Waals surface area contributed by atoms with Gasteiger partial charge in [-0.1, -0.05) is 12.8 Å². The van der Waals surface area contributed by atoms with Gasteiger partial charge in [-0.25, -0.2) is 18.4 Å². The molecular weight excluding hydrogens is 302 g/mol. The van der Waals surface area contributed by atoms with Crippen LogP contribution >= 0.6 is 0 Å². The summed E-state index contributed by atoms with van der Waals surface area (Å²) in [7, 11) is -3.21. The van der Waals surface area contributed by atoms with Crippen LogP contribution in [0.25, 0.3) is 0 Å². The van der Waals surface area contributed by atoms with Crippen LogP contribution in [0, 0.1) is 13.8 Å². The minimum Gasteiger partial charge on any atom is -0.369 e. The minimum atomic E-state index is -3.21. The third-order valence-electron chi connectivity index (χ3n) is 4.43. The van der Waals surface area contributed by atoms with Crippen molar-refractivity contribution >= 4 is 10.0 Å². The summed E-state index contributed by atoms with van der Waals surface area (Å²) in [5, 5.41) is -0.208. The molecule has 1 saturated heterocycles. The van der Waals surface area contributed by atoms with E-state index in [1.54, 1.807) is 4.31 Å². The Hall–Kier alpha value is -1.05. The number of aryl methyl sites for hydroxylation is 2. The molecule has 0 unspecified atom stereocenters. The Balaban J connectivity index is 1.79. The average molecular weight is 325 g/mol. The molecule has 2 fully saturated rings. The molecule has 1 aromatic rings.